The number of nitrogens with zero attached hydrogens (tertiary/aromatic N) is 1. The molecule has 0 saturated heterocycles. The number of rotatable bonds is 5. The van der Waals surface area contributed by atoms with Gasteiger partial charge in [-0.2, -0.15) is 13.2 Å². The van der Waals surface area contributed by atoms with Gasteiger partial charge in [-0.15, -0.1) is 0 Å². The number of halogens is 3. The fourth-order valence-electron chi connectivity index (χ4n) is 1.96. The topological polar surface area (TPSA) is 88.5 Å². The molecular weight excluding hydrogens is 317 g/mol. The largest absolute Gasteiger partial charge is 0.463 e. The molecule has 9 heteroatoms. The zero-order valence-electron chi connectivity index (χ0n) is 12.4. The summed E-state index contributed by atoms with van der Waals surface area (Å²) in [7, 11) is 0. The number of aliphatic hydroxyl groups is 1. The Morgan fingerprint density at radius 1 is 1.35 bits per heavy atom. The number of furan rings is 1. The van der Waals surface area contributed by atoms with Crippen molar-refractivity contribution in [1.29, 1.82) is 0 Å². The van der Waals surface area contributed by atoms with Crippen molar-refractivity contribution in [2.75, 3.05) is 0 Å². The molecule has 2 aromatic rings. The summed E-state index contributed by atoms with van der Waals surface area (Å²) in [6.07, 6.45) is -5.13. The Morgan fingerprint density at radius 3 is 2.52 bits per heavy atom. The smallest absolute Gasteiger partial charge is 0.425 e. The van der Waals surface area contributed by atoms with Crippen LogP contribution in [0.3, 0.4) is 0 Å². The predicted octanol–water partition coefficient (Wildman–Crippen LogP) is 2.34. The molecule has 0 spiro atoms. The van der Waals surface area contributed by atoms with Gasteiger partial charge in [0.15, 0.2) is 6.39 Å². The van der Waals surface area contributed by atoms with Gasteiger partial charge in [0.2, 0.25) is 11.5 Å². The van der Waals surface area contributed by atoms with Crippen LogP contribution in [0.4, 0.5) is 13.2 Å². The molecule has 1 unspecified atom stereocenters. The molecule has 0 saturated carbocycles. The van der Waals surface area contributed by atoms with Crippen LogP contribution in [0.5, 0.6) is 0 Å². The molecule has 6 nitrogen and oxygen atoms in total. The average molecular weight is 332 g/mol. The minimum atomic E-state index is -5.07. The summed E-state index contributed by atoms with van der Waals surface area (Å²) < 4.78 is 49.4. The summed E-state index contributed by atoms with van der Waals surface area (Å²) >= 11 is 0. The van der Waals surface area contributed by atoms with Crippen molar-refractivity contribution in [3.63, 3.8) is 0 Å². The average Bonchev–Trinajstić information content (AvgIpc) is 3.04. The van der Waals surface area contributed by atoms with Crippen LogP contribution < -0.4 is 5.32 Å². The lowest BCUT2D eigenvalue weighted by Crippen LogP contribution is -2.46. The quantitative estimate of drug-likeness (QED) is 0.877. The second-order valence-electron chi connectivity index (χ2n) is 5.08. The number of carbonyl (C=O) groups is 1. The van der Waals surface area contributed by atoms with E-state index in [9.17, 15) is 23.1 Å². The Balaban J connectivity index is 2.12. The van der Waals surface area contributed by atoms with Crippen molar-refractivity contribution in [1.82, 2.24) is 10.3 Å². The second-order valence-corrected chi connectivity index (χ2v) is 5.08. The van der Waals surface area contributed by atoms with E-state index in [1.807, 2.05) is 0 Å². The standard InChI is InChI=1S/C14H15F3N2O4/c1-8-3-4-11(23-8)13(21,14(15,16)17)5-12(20)18-6-10-9(2)22-7-19-10/h3-4,7,21H,5-6H2,1-2H3,(H,18,20). The van der Waals surface area contributed by atoms with Crippen molar-refractivity contribution >= 4 is 5.91 Å². The lowest BCUT2D eigenvalue weighted by Gasteiger charge is -2.27. The molecule has 1 atom stereocenters. The minimum Gasteiger partial charge on any atom is -0.463 e. The molecule has 0 aliphatic carbocycles. The van der Waals surface area contributed by atoms with Gasteiger partial charge in [-0.1, -0.05) is 0 Å². The van der Waals surface area contributed by atoms with Crippen molar-refractivity contribution in [3.05, 3.63) is 41.5 Å². The minimum absolute atomic E-state index is 0.105. The van der Waals surface area contributed by atoms with Gasteiger partial charge in [0.25, 0.3) is 0 Å². The molecule has 0 aromatic carbocycles. The number of hydrogen-bond acceptors (Lipinski definition) is 5. The van der Waals surface area contributed by atoms with Gasteiger partial charge in [0, 0.05) is 0 Å². The van der Waals surface area contributed by atoms with Gasteiger partial charge < -0.3 is 19.3 Å². The van der Waals surface area contributed by atoms with Crippen molar-refractivity contribution < 1.29 is 31.9 Å². The lowest BCUT2D eigenvalue weighted by atomic mass is 9.95. The van der Waals surface area contributed by atoms with E-state index in [2.05, 4.69) is 10.3 Å². The second kappa shape index (κ2) is 6.07. The van der Waals surface area contributed by atoms with Crippen LogP contribution in [0.2, 0.25) is 0 Å². The highest BCUT2D eigenvalue weighted by atomic mass is 19.4. The highest BCUT2D eigenvalue weighted by molar-refractivity contribution is 5.77. The van der Waals surface area contributed by atoms with Crippen LogP contribution in [0.25, 0.3) is 0 Å². The molecule has 0 radical (unpaired) electrons. The Bertz CT molecular complexity index is 692. The molecular formula is C14H15F3N2O4. The number of nitrogens with one attached hydrogen (secondary N) is 1. The third kappa shape index (κ3) is 3.55. The van der Waals surface area contributed by atoms with E-state index in [4.69, 9.17) is 8.83 Å². The van der Waals surface area contributed by atoms with Crippen LogP contribution in [0, 0.1) is 13.8 Å². The first-order chi connectivity index (χ1) is 10.6. The highest BCUT2D eigenvalue weighted by Crippen LogP contribution is 2.42. The molecule has 126 valence electrons. The first-order valence-corrected chi connectivity index (χ1v) is 6.65. The Labute approximate surface area is 129 Å². The van der Waals surface area contributed by atoms with Crippen LogP contribution in [-0.4, -0.2) is 22.2 Å². The third-order valence-corrected chi connectivity index (χ3v) is 3.33. The maximum absolute atomic E-state index is 13.2. The number of amides is 1. The summed E-state index contributed by atoms with van der Waals surface area (Å²) in [6.45, 7) is 2.94. The lowest BCUT2D eigenvalue weighted by molar-refractivity contribution is -0.273. The number of alkyl halides is 3. The van der Waals surface area contributed by atoms with E-state index < -0.39 is 29.9 Å². The van der Waals surface area contributed by atoms with Gasteiger partial charge >= 0.3 is 6.18 Å². The van der Waals surface area contributed by atoms with Crippen LogP contribution in [-0.2, 0) is 16.9 Å². The van der Waals surface area contributed by atoms with Crippen molar-refractivity contribution in [2.24, 2.45) is 0 Å². The number of hydrogen-bond donors (Lipinski definition) is 2. The predicted molar refractivity (Wildman–Crippen MR) is 71.1 cm³/mol. The van der Waals surface area contributed by atoms with E-state index >= 15 is 0 Å². The zero-order valence-corrected chi connectivity index (χ0v) is 12.4. The Kier molecular flexibility index (Phi) is 4.51. The summed E-state index contributed by atoms with van der Waals surface area (Å²) in [5.74, 6) is -1.09. The number of carbonyl (C=O) groups excluding carboxylic acids is 1. The maximum Gasteiger partial charge on any atom is 0.425 e. The van der Waals surface area contributed by atoms with Gasteiger partial charge in [-0.25, -0.2) is 4.98 Å². The molecule has 23 heavy (non-hydrogen) atoms. The van der Waals surface area contributed by atoms with Gasteiger partial charge in [-0.3, -0.25) is 4.79 Å². The van der Waals surface area contributed by atoms with E-state index in [1.54, 1.807) is 6.92 Å². The highest BCUT2D eigenvalue weighted by Gasteiger charge is 2.58. The Morgan fingerprint density at radius 2 is 2.04 bits per heavy atom. The van der Waals surface area contributed by atoms with E-state index in [0.717, 1.165) is 12.5 Å². The van der Waals surface area contributed by atoms with Gasteiger partial charge in [0.05, 0.1) is 13.0 Å². The first-order valence-electron chi connectivity index (χ1n) is 6.65. The fraction of sp³-hybridized carbons (Fsp3) is 0.429. The molecule has 0 aliphatic heterocycles. The molecule has 0 aliphatic rings. The summed E-state index contributed by atoms with van der Waals surface area (Å²) in [4.78, 5) is 15.6. The first kappa shape index (κ1) is 17.1. The van der Waals surface area contributed by atoms with Gasteiger partial charge in [-0.05, 0) is 26.0 Å². The fourth-order valence-corrected chi connectivity index (χ4v) is 1.96. The number of aryl methyl sites for hydroxylation is 2. The van der Waals surface area contributed by atoms with E-state index in [0.29, 0.717) is 11.5 Å². The SMILES string of the molecule is Cc1ccc(C(O)(CC(=O)NCc2ncoc2C)C(F)(F)F)o1. The normalized spacial score (nSPS) is 14.5. The number of oxazole rings is 1. The summed E-state index contributed by atoms with van der Waals surface area (Å²) in [6, 6.07) is 2.28. The Hall–Kier alpha value is -2.29. The number of aromatic nitrogens is 1. The zero-order chi connectivity index (χ0) is 17.3. The van der Waals surface area contributed by atoms with E-state index in [1.165, 1.54) is 13.0 Å². The molecule has 1 amide bonds. The molecule has 2 heterocycles. The van der Waals surface area contributed by atoms with Crippen LogP contribution >= 0.6 is 0 Å². The molecule has 0 bridgehead atoms. The van der Waals surface area contributed by atoms with Gasteiger partial charge in [0.1, 0.15) is 23.0 Å². The monoisotopic (exact) mass is 332 g/mol. The molecule has 0 fully saturated rings. The molecule has 2 aromatic heterocycles. The van der Waals surface area contributed by atoms with Crippen LogP contribution in [0.15, 0.2) is 27.4 Å². The maximum atomic E-state index is 13.2. The summed E-state index contributed by atoms with van der Waals surface area (Å²) in [5, 5.41) is 12.3. The van der Waals surface area contributed by atoms with E-state index in [-0.39, 0.29) is 12.3 Å². The van der Waals surface area contributed by atoms with Crippen LogP contribution in [0.1, 0.15) is 29.4 Å². The summed E-state index contributed by atoms with van der Waals surface area (Å²) in [5.41, 5.74) is -3.01. The van der Waals surface area contributed by atoms with Crippen molar-refractivity contribution in [2.45, 2.75) is 38.6 Å². The third-order valence-electron chi connectivity index (χ3n) is 3.33. The molecule has 2 N–H and O–H groups in total. The van der Waals surface area contributed by atoms with Crippen molar-refractivity contribution in [3.8, 4) is 0 Å². The molecule has 2 rings (SSSR count).